The van der Waals surface area contributed by atoms with Gasteiger partial charge in [-0.05, 0) is 0 Å². The summed E-state index contributed by atoms with van der Waals surface area (Å²) in [5, 5.41) is 17.8. The Morgan fingerprint density at radius 2 is 0.733 bits per heavy atom. The molecule has 0 amide bonds. The number of rotatable bonds is 8. The van der Waals surface area contributed by atoms with Crippen molar-refractivity contribution >= 4 is 11.9 Å². The van der Waals surface area contributed by atoms with Crippen LogP contribution < -0.4 is 28.4 Å². The molecule has 0 saturated carbocycles. The second-order valence-electron chi connectivity index (χ2n) is 5.43. The molecule has 0 unspecified atom stereocenters. The monoisotopic (exact) mass is 424 g/mol. The van der Waals surface area contributed by atoms with Crippen LogP contribution in [-0.4, -0.2) is 64.8 Å². The van der Waals surface area contributed by atoms with Crippen LogP contribution in [0, 0.1) is 0 Å². The van der Waals surface area contributed by atoms with Gasteiger partial charge in [0.05, 0.1) is 42.7 Å². The maximum absolute atomic E-state index is 10.9. The zero-order chi connectivity index (χ0) is 22.8. The fourth-order valence-electron chi connectivity index (χ4n) is 2.39. The summed E-state index contributed by atoms with van der Waals surface area (Å²) in [5.74, 6) is -0.106. The summed E-state index contributed by atoms with van der Waals surface area (Å²) in [6.07, 6.45) is 0. The quantitative estimate of drug-likeness (QED) is 0.652. The van der Waals surface area contributed by atoms with Gasteiger partial charge < -0.3 is 38.6 Å². The highest BCUT2D eigenvalue weighted by atomic mass is 16.5. The Morgan fingerprint density at radius 3 is 0.933 bits per heavy atom. The minimum atomic E-state index is -1.08. The lowest BCUT2D eigenvalue weighted by Crippen LogP contribution is -2.02. The highest BCUT2D eigenvalue weighted by Gasteiger charge is 2.17. The molecule has 0 bridgehead atoms. The smallest absolute Gasteiger partial charge is 0.339 e. The lowest BCUT2D eigenvalue weighted by molar-refractivity contribution is 0.0681. The summed E-state index contributed by atoms with van der Waals surface area (Å²) in [6.45, 7) is 0. The van der Waals surface area contributed by atoms with Crippen molar-refractivity contribution in [3.63, 3.8) is 0 Å². The van der Waals surface area contributed by atoms with Crippen molar-refractivity contribution in [1.82, 2.24) is 0 Å². The molecule has 164 valence electrons. The molecule has 0 aliphatic rings. The first kappa shape index (κ1) is 24.2. The number of hydrogen-bond acceptors (Lipinski definition) is 8. The van der Waals surface area contributed by atoms with Gasteiger partial charge in [0.25, 0.3) is 0 Å². The molecule has 0 spiro atoms. The molecule has 0 saturated heterocycles. The molecule has 0 radical (unpaired) electrons. The predicted molar refractivity (Wildman–Crippen MR) is 106 cm³/mol. The molecule has 0 aromatic heterocycles. The molecular formula is C20H24O10. The van der Waals surface area contributed by atoms with Crippen LogP contribution >= 0.6 is 0 Å². The summed E-state index contributed by atoms with van der Waals surface area (Å²) in [7, 11) is 8.61. The SMILES string of the molecule is COc1cc(OC)c(C(=O)O)cc1OC.COc1cc(OC)c(C(=O)O)cc1OC. The van der Waals surface area contributed by atoms with Crippen molar-refractivity contribution in [2.75, 3.05) is 42.7 Å². The number of ether oxygens (including phenoxy) is 6. The van der Waals surface area contributed by atoms with Gasteiger partial charge in [-0.1, -0.05) is 0 Å². The van der Waals surface area contributed by atoms with E-state index in [9.17, 15) is 9.59 Å². The van der Waals surface area contributed by atoms with Crippen LogP contribution in [0.4, 0.5) is 0 Å². The van der Waals surface area contributed by atoms with Gasteiger partial charge in [-0.2, -0.15) is 0 Å². The van der Waals surface area contributed by atoms with Crippen LogP contribution in [-0.2, 0) is 0 Å². The maximum Gasteiger partial charge on any atom is 0.339 e. The molecule has 10 nitrogen and oxygen atoms in total. The van der Waals surface area contributed by atoms with E-state index in [0.717, 1.165) is 0 Å². The van der Waals surface area contributed by atoms with Crippen LogP contribution in [0.15, 0.2) is 24.3 Å². The summed E-state index contributed by atoms with van der Waals surface area (Å²) in [6, 6.07) is 5.67. The summed E-state index contributed by atoms with van der Waals surface area (Å²) < 4.78 is 29.9. The molecule has 0 atom stereocenters. The second kappa shape index (κ2) is 11.2. The molecular weight excluding hydrogens is 400 g/mol. The van der Waals surface area contributed by atoms with E-state index in [-0.39, 0.29) is 22.6 Å². The number of carboxylic acids is 2. The molecule has 2 N–H and O–H groups in total. The van der Waals surface area contributed by atoms with Crippen molar-refractivity contribution in [1.29, 1.82) is 0 Å². The third-order valence-corrected chi connectivity index (χ3v) is 3.87. The number of benzene rings is 2. The Labute approximate surface area is 173 Å². The van der Waals surface area contributed by atoms with Gasteiger partial charge in [-0.3, -0.25) is 0 Å². The molecule has 2 aromatic rings. The average Bonchev–Trinajstić information content (AvgIpc) is 2.76. The second-order valence-corrected chi connectivity index (χ2v) is 5.43. The first-order valence-electron chi connectivity index (χ1n) is 8.34. The molecule has 10 heteroatoms. The molecule has 0 fully saturated rings. The minimum Gasteiger partial charge on any atom is -0.496 e. The van der Waals surface area contributed by atoms with E-state index in [1.807, 2.05) is 0 Å². The van der Waals surface area contributed by atoms with Gasteiger partial charge in [0, 0.05) is 24.3 Å². The Bertz CT molecular complexity index is 818. The van der Waals surface area contributed by atoms with E-state index in [1.54, 1.807) is 0 Å². The van der Waals surface area contributed by atoms with Crippen LogP contribution in [0.2, 0.25) is 0 Å². The lowest BCUT2D eigenvalue weighted by atomic mass is 10.2. The minimum absolute atomic E-state index is 0.0372. The molecule has 0 heterocycles. The number of carboxylic acid groups (broad SMARTS) is 2. The Kier molecular flexibility index (Phi) is 9.08. The normalized spacial score (nSPS) is 9.53. The summed E-state index contributed by atoms with van der Waals surface area (Å²) in [4.78, 5) is 21.7. The van der Waals surface area contributed by atoms with E-state index in [2.05, 4.69) is 0 Å². The topological polar surface area (TPSA) is 130 Å². The highest BCUT2D eigenvalue weighted by Crippen LogP contribution is 2.35. The van der Waals surface area contributed by atoms with Gasteiger partial charge in [0.2, 0.25) is 0 Å². The van der Waals surface area contributed by atoms with Gasteiger partial charge in [0.15, 0.2) is 23.0 Å². The molecule has 2 rings (SSSR count). The predicted octanol–water partition coefficient (Wildman–Crippen LogP) is 2.82. The fraction of sp³-hybridized carbons (Fsp3) is 0.300. The molecule has 0 aliphatic heterocycles. The zero-order valence-electron chi connectivity index (χ0n) is 17.5. The molecule has 30 heavy (non-hydrogen) atoms. The number of hydrogen-bond donors (Lipinski definition) is 2. The Balaban J connectivity index is 0.000000300. The van der Waals surface area contributed by atoms with E-state index in [4.69, 9.17) is 38.6 Å². The molecule has 2 aromatic carbocycles. The van der Waals surface area contributed by atoms with E-state index >= 15 is 0 Å². The standard InChI is InChI=1S/2C10H12O5/c2*1-13-7-5-9(15-3)8(14-2)4-6(7)10(11)12/h2*4-5H,1-3H3,(H,11,12). The van der Waals surface area contributed by atoms with Crippen LogP contribution in [0.1, 0.15) is 20.7 Å². The maximum atomic E-state index is 10.9. The Hall–Kier alpha value is -3.82. The van der Waals surface area contributed by atoms with Gasteiger partial charge in [-0.25, -0.2) is 9.59 Å². The van der Waals surface area contributed by atoms with E-state index in [0.29, 0.717) is 23.0 Å². The van der Waals surface area contributed by atoms with Crippen molar-refractivity contribution in [3.8, 4) is 34.5 Å². The van der Waals surface area contributed by atoms with E-state index in [1.165, 1.54) is 66.9 Å². The third kappa shape index (κ3) is 5.60. The largest absolute Gasteiger partial charge is 0.496 e. The van der Waals surface area contributed by atoms with Crippen molar-refractivity contribution in [2.45, 2.75) is 0 Å². The van der Waals surface area contributed by atoms with Crippen LogP contribution in [0.3, 0.4) is 0 Å². The first-order chi connectivity index (χ1) is 14.3. The number of methoxy groups -OCH3 is 6. The number of aromatic carboxylic acids is 2. The fourth-order valence-corrected chi connectivity index (χ4v) is 2.39. The van der Waals surface area contributed by atoms with E-state index < -0.39 is 11.9 Å². The summed E-state index contributed by atoms with van der Waals surface area (Å²) in [5.41, 5.74) is 0.0744. The van der Waals surface area contributed by atoms with Crippen molar-refractivity contribution in [2.24, 2.45) is 0 Å². The Morgan fingerprint density at radius 1 is 0.500 bits per heavy atom. The highest BCUT2D eigenvalue weighted by molar-refractivity contribution is 5.92. The average molecular weight is 424 g/mol. The van der Waals surface area contributed by atoms with Gasteiger partial charge in [0.1, 0.15) is 22.6 Å². The first-order valence-corrected chi connectivity index (χ1v) is 8.34. The number of carbonyl (C=O) groups is 2. The van der Waals surface area contributed by atoms with Crippen LogP contribution in [0.25, 0.3) is 0 Å². The van der Waals surface area contributed by atoms with Crippen LogP contribution in [0.5, 0.6) is 34.5 Å². The van der Waals surface area contributed by atoms with Gasteiger partial charge in [-0.15, -0.1) is 0 Å². The van der Waals surface area contributed by atoms with Crippen molar-refractivity contribution < 1.29 is 48.2 Å². The summed E-state index contributed by atoms with van der Waals surface area (Å²) >= 11 is 0. The van der Waals surface area contributed by atoms with Crippen molar-refractivity contribution in [3.05, 3.63) is 35.4 Å². The third-order valence-electron chi connectivity index (χ3n) is 3.87. The van der Waals surface area contributed by atoms with Gasteiger partial charge >= 0.3 is 11.9 Å². The molecule has 0 aliphatic carbocycles. The lowest BCUT2D eigenvalue weighted by Gasteiger charge is -2.11. The zero-order valence-corrected chi connectivity index (χ0v) is 17.5.